The van der Waals surface area contributed by atoms with Gasteiger partial charge in [0.05, 0.1) is 7.05 Å². The van der Waals surface area contributed by atoms with E-state index < -0.39 is 0 Å². The van der Waals surface area contributed by atoms with Gasteiger partial charge in [-0.15, -0.1) is 0 Å². The predicted molar refractivity (Wildman–Crippen MR) is 109 cm³/mol. The molecule has 0 fully saturated rings. The van der Waals surface area contributed by atoms with Crippen molar-refractivity contribution in [3.8, 4) is 5.75 Å². The number of nitrogens with zero attached hydrogens (tertiary/aromatic N) is 1. The van der Waals surface area contributed by atoms with E-state index >= 15 is 0 Å². The van der Waals surface area contributed by atoms with Crippen LogP contribution in [0.2, 0.25) is 0 Å². The number of rotatable bonds is 6. The Morgan fingerprint density at radius 1 is 1.04 bits per heavy atom. The molecule has 0 spiro atoms. The Balaban J connectivity index is 1.85. The number of hydrogen-bond acceptors (Lipinski definition) is 4. The molecule has 0 aliphatic carbocycles. The first-order valence-electron chi connectivity index (χ1n) is 9.23. The highest BCUT2D eigenvalue weighted by Gasteiger charge is 2.14. The van der Waals surface area contributed by atoms with Crippen LogP contribution in [0.4, 0.5) is 5.69 Å². The number of fused-ring (bicyclic) bond motifs is 1. The average Bonchev–Trinajstić information content (AvgIpc) is 2.61. The third kappa shape index (κ3) is 4.31. The van der Waals surface area contributed by atoms with Crippen molar-refractivity contribution in [3.63, 3.8) is 0 Å². The van der Waals surface area contributed by atoms with E-state index in [0.29, 0.717) is 12.1 Å². The van der Waals surface area contributed by atoms with Gasteiger partial charge in [-0.25, -0.2) is 4.79 Å². The molecule has 0 aliphatic heterocycles. The quantitative estimate of drug-likeness (QED) is 0.657. The molecule has 0 aliphatic rings. The summed E-state index contributed by atoms with van der Waals surface area (Å²) in [6, 6.07) is 13.6. The normalized spacial score (nSPS) is 12.3. The SMILES string of the molecule is CCc1cc2c(C[NH+](C)Cc3ccc(N(C)C)cc3)cc(=O)oc2cc1O. The van der Waals surface area contributed by atoms with E-state index in [1.165, 1.54) is 16.2 Å². The van der Waals surface area contributed by atoms with E-state index in [4.69, 9.17) is 4.42 Å². The molecule has 0 bridgehead atoms. The Morgan fingerprint density at radius 3 is 2.37 bits per heavy atom. The van der Waals surface area contributed by atoms with Crippen LogP contribution in [-0.2, 0) is 19.5 Å². The van der Waals surface area contributed by atoms with Crippen LogP contribution < -0.4 is 15.4 Å². The summed E-state index contributed by atoms with van der Waals surface area (Å²) in [4.78, 5) is 15.3. The van der Waals surface area contributed by atoms with Crippen molar-refractivity contribution >= 4 is 16.7 Å². The monoisotopic (exact) mass is 367 g/mol. The van der Waals surface area contributed by atoms with E-state index in [2.05, 4.69) is 36.2 Å². The molecule has 2 aromatic carbocycles. The van der Waals surface area contributed by atoms with Crippen LogP contribution in [0.5, 0.6) is 5.75 Å². The van der Waals surface area contributed by atoms with Crippen LogP contribution in [-0.4, -0.2) is 26.2 Å². The number of aromatic hydroxyl groups is 1. The van der Waals surface area contributed by atoms with Gasteiger partial charge in [0, 0.05) is 48.4 Å². The number of anilines is 1. The van der Waals surface area contributed by atoms with Gasteiger partial charge in [-0.3, -0.25) is 0 Å². The van der Waals surface area contributed by atoms with Crippen molar-refractivity contribution < 1.29 is 14.4 Å². The second-order valence-corrected chi connectivity index (χ2v) is 7.29. The van der Waals surface area contributed by atoms with E-state index in [-0.39, 0.29) is 11.4 Å². The number of benzene rings is 2. The fourth-order valence-corrected chi connectivity index (χ4v) is 3.38. The molecule has 0 radical (unpaired) electrons. The first-order valence-corrected chi connectivity index (χ1v) is 9.23. The highest BCUT2D eigenvalue weighted by Crippen LogP contribution is 2.26. The smallest absolute Gasteiger partial charge is 0.336 e. The van der Waals surface area contributed by atoms with E-state index in [1.54, 1.807) is 12.1 Å². The standard InChI is InChI=1S/C22H26N2O3/c1-5-16-10-19-17(11-22(26)27-21(19)12-20(16)25)14-24(4)13-15-6-8-18(9-7-15)23(2)3/h6-12,25H,5,13-14H2,1-4H3/p+1. The Labute approximate surface area is 159 Å². The summed E-state index contributed by atoms with van der Waals surface area (Å²) in [7, 11) is 6.17. The fraction of sp³-hybridized carbons (Fsp3) is 0.318. The summed E-state index contributed by atoms with van der Waals surface area (Å²) in [6.45, 7) is 3.55. The summed E-state index contributed by atoms with van der Waals surface area (Å²) < 4.78 is 5.29. The van der Waals surface area contributed by atoms with Gasteiger partial charge in [-0.05, 0) is 30.2 Å². The Kier molecular flexibility index (Phi) is 5.51. The highest BCUT2D eigenvalue weighted by atomic mass is 16.4. The molecule has 1 atom stereocenters. The van der Waals surface area contributed by atoms with Crippen molar-refractivity contribution in [2.45, 2.75) is 26.4 Å². The largest absolute Gasteiger partial charge is 0.508 e. The van der Waals surface area contributed by atoms with Crippen LogP contribution in [0, 0.1) is 0 Å². The minimum Gasteiger partial charge on any atom is -0.508 e. The molecular weight excluding hydrogens is 340 g/mol. The van der Waals surface area contributed by atoms with Crippen LogP contribution in [0.25, 0.3) is 11.0 Å². The molecule has 27 heavy (non-hydrogen) atoms. The van der Waals surface area contributed by atoms with Crippen LogP contribution >= 0.6 is 0 Å². The first-order chi connectivity index (χ1) is 12.9. The Bertz CT molecular complexity index is 991. The second-order valence-electron chi connectivity index (χ2n) is 7.29. The van der Waals surface area contributed by atoms with Crippen molar-refractivity contribution in [2.24, 2.45) is 0 Å². The van der Waals surface area contributed by atoms with Gasteiger partial charge in [-0.1, -0.05) is 19.1 Å². The van der Waals surface area contributed by atoms with Crippen molar-refractivity contribution in [2.75, 3.05) is 26.0 Å². The number of aryl methyl sites for hydroxylation is 1. The van der Waals surface area contributed by atoms with E-state index in [1.807, 2.05) is 27.1 Å². The van der Waals surface area contributed by atoms with E-state index in [9.17, 15) is 9.90 Å². The van der Waals surface area contributed by atoms with Gasteiger partial charge in [-0.2, -0.15) is 0 Å². The van der Waals surface area contributed by atoms with Crippen molar-refractivity contribution in [3.05, 3.63) is 69.6 Å². The van der Waals surface area contributed by atoms with Crippen LogP contribution in [0.3, 0.4) is 0 Å². The Morgan fingerprint density at radius 2 is 1.74 bits per heavy atom. The third-order valence-corrected chi connectivity index (χ3v) is 4.86. The molecule has 1 heterocycles. The van der Waals surface area contributed by atoms with Gasteiger partial charge in [0.25, 0.3) is 0 Å². The van der Waals surface area contributed by atoms with Gasteiger partial charge in [0.2, 0.25) is 0 Å². The number of phenolic OH excluding ortho intramolecular Hbond substituents is 1. The maximum Gasteiger partial charge on any atom is 0.336 e. The molecule has 1 unspecified atom stereocenters. The molecule has 1 aromatic heterocycles. The lowest BCUT2D eigenvalue weighted by Gasteiger charge is -2.17. The second kappa shape index (κ2) is 7.84. The number of hydrogen-bond donors (Lipinski definition) is 2. The molecular formula is C22H27N2O3+. The number of phenols is 1. The maximum atomic E-state index is 11.9. The van der Waals surface area contributed by atoms with Gasteiger partial charge < -0.3 is 19.3 Å². The van der Waals surface area contributed by atoms with Gasteiger partial charge in [0.1, 0.15) is 24.4 Å². The topological polar surface area (TPSA) is 58.1 Å². The summed E-state index contributed by atoms with van der Waals surface area (Å²) in [5.41, 5.74) is 4.28. The maximum absolute atomic E-state index is 11.9. The minimum absolute atomic E-state index is 0.173. The molecule has 0 saturated carbocycles. The molecule has 2 N–H and O–H groups in total. The molecule has 5 heteroatoms. The zero-order valence-corrected chi connectivity index (χ0v) is 16.4. The predicted octanol–water partition coefficient (Wildman–Crippen LogP) is 2.34. The molecule has 0 amide bonds. The van der Waals surface area contributed by atoms with Crippen molar-refractivity contribution in [1.29, 1.82) is 0 Å². The average molecular weight is 367 g/mol. The molecule has 0 saturated heterocycles. The molecule has 3 aromatic rings. The summed E-state index contributed by atoms with van der Waals surface area (Å²) >= 11 is 0. The van der Waals surface area contributed by atoms with Gasteiger partial charge in [0.15, 0.2) is 0 Å². The van der Waals surface area contributed by atoms with E-state index in [0.717, 1.165) is 29.5 Å². The summed E-state index contributed by atoms with van der Waals surface area (Å²) in [5.74, 6) is 0.173. The van der Waals surface area contributed by atoms with Gasteiger partial charge >= 0.3 is 5.63 Å². The summed E-state index contributed by atoms with van der Waals surface area (Å²) in [6.07, 6.45) is 0.723. The zero-order chi connectivity index (χ0) is 19.6. The lowest BCUT2D eigenvalue weighted by molar-refractivity contribution is -0.907. The Hall–Kier alpha value is -2.79. The highest BCUT2D eigenvalue weighted by molar-refractivity contribution is 5.82. The summed E-state index contributed by atoms with van der Waals surface area (Å²) in [5, 5.41) is 11.0. The number of quaternary nitrogens is 1. The van der Waals surface area contributed by atoms with Crippen LogP contribution in [0.1, 0.15) is 23.6 Å². The van der Waals surface area contributed by atoms with Crippen LogP contribution in [0.15, 0.2) is 51.7 Å². The number of nitrogens with one attached hydrogen (secondary N) is 1. The molecule has 5 nitrogen and oxygen atoms in total. The van der Waals surface area contributed by atoms with Crippen molar-refractivity contribution in [1.82, 2.24) is 0 Å². The molecule has 142 valence electrons. The first kappa shape index (κ1) is 19.0. The minimum atomic E-state index is -0.385. The third-order valence-electron chi connectivity index (χ3n) is 4.86. The lowest BCUT2D eigenvalue weighted by atomic mass is 10.0. The lowest BCUT2D eigenvalue weighted by Crippen LogP contribution is -3.06. The molecule has 3 rings (SSSR count). The fourth-order valence-electron chi connectivity index (χ4n) is 3.38. The zero-order valence-electron chi connectivity index (χ0n) is 16.4.